The van der Waals surface area contributed by atoms with Gasteiger partial charge in [-0.1, -0.05) is 42.1 Å². The van der Waals surface area contributed by atoms with Crippen molar-refractivity contribution in [2.75, 3.05) is 13.3 Å². The Hall–Kier alpha value is -1.47. The number of amidine groups is 1. The average molecular weight is 302 g/mol. The number of rotatable bonds is 1. The van der Waals surface area contributed by atoms with Crippen molar-refractivity contribution in [1.82, 2.24) is 4.90 Å². The second-order valence-corrected chi connectivity index (χ2v) is 5.05. The molecule has 0 spiro atoms. The van der Waals surface area contributed by atoms with Gasteiger partial charge in [0.1, 0.15) is 0 Å². The Morgan fingerprint density at radius 3 is 2.35 bits per heavy atom. The highest BCUT2D eigenvalue weighted by molar-refractivity contribution is 8.13. The highest BCUT2D eigenvalue weighted by atomic mass is 32.2. The number of alkyl halides is 3. The third-order valence-corrected chi connectivity index (χ3v) is 3.75. The van der Waals surface area contributed by atoms with Gasteiger partial charge in [0.15, 0.2) is 5.17 Å². The molecule has 2 rings (SSSR count). The summed E-state index contributed by atoms with van der Waals surface area (Å²) < 4.78 is 39.5. The van der Waals surface area contributed by atoms with Crippen molar-refractivity contribution < 1.29 is 18.3 Å². The monoisotopic (exact) mass is 302 g/mol. The molecule has 0 radical (unpaired) electrons. The highest BCUT2D eigenvalue weighted by Gasteiger charge is 2.57. The largest absolute Gasteiger partial charge is 0.440 e. The van der Waals surface area contributed by atoms with Crippen molar-refractivity contribution in [1.29, 1.82) is 0 Å². The lowest BCUT2D eigenvalue weighted by atomic mass is 10.0. The SMILES string of the molecule is CSC1=NC(c2ccccc2)=CC(O)(C(F)(F)F)N1C. The minimum Gasteiger partial charge on any atom is -0.360 e. The molecule has 1 aliphatic rings. The first-order valence-electron chi connectivity index (χ1n) is 5.73. The summed E-state index contributed by atoms with van der Waals surface area (Å²) in [7, 11) is 1.17. The van der Waals surface area contributed by atoms with Gasteiger partial charge in [-0.15, -0.1) is 0 Å². The fourth-order valence-electron chi connectivity index (χ4n) is 1.85. The van der Waals surface area contributed by atoms with E-state index in [9.17, 15) is 18.3 Å². The number of thioether (sulfide) groups is 1. The van der Waals surface area contributed by atoms with E-state index >= 15 is 0 Å². The Labute approximate surface area is 118 Å². The van der Waals surface area contributed by atoms with Crippen LogP contribution in [0.3, 0.4) is 0 Å². The third kappa shape index (κ3) is 2.43. The average Bonchev–Trinajstić information content (AvgIpc) is 2.41. The molecule has 1 unspecified atom stereocenters. The zero-order valence-electron chi connectivity index (χ0n) is 10.8. The minimum absolute atomic E-state index is 0.103. The fraction of sp³-hybridized carbons (Fsp3) is 0.308. The van der Waals surface area contributed by atoms with Crippen molar-refractivity contribution in [2.45, 2.75) is 11.9 Å². The molecule has 0 aromatic heterocycles. The van der Waals surface area contributed by atoms with Gasteiger partial charge in [-0.2, -0.15) is 13.2 Å². The number of aliphatic imine (C=N–C) groups is 1. The summed E-state index contributed by atoms with van der Waals surface area (Å²) in [6, 6.07) is 8.46. The lowest BCUT2D eigenvalue weighted by molar-refractivity contribution is -0.275. The fourth-order valence-corrected chi connectivity index (χ4v) is 2.46. The molecule has 0 amide bonds. The molecule has 0 fully saturated rings. The highest BCUT2D eigenvalue weighted by Crippen LogP contribution is 2.40. The van der Waals surface area contributed by atoms with E-state index in [-0.39, 0.29) is 10.9 Å². The molecule has 1 aromatic carbocycles. The summed E-state index contributed by atoms with van der Waals surface area (Å²) >= 11 is 1.05. The van der Waals surface area contributed by atoms with Gasteiger partial charge in [-0.25, -0.2) is 4.99 Å². The molecule has 1 aliphatic heterocycles. The van der Waals surface area contributed by atoms with Crippen LogP contribution in [0.4, 0.5) is 13.2 Å². The van der Waals surface area contributed by atoms with Crippen LogP contribution in [0.1, 0.15) is 5.56 Å². The number of nitrogens with zero attached hydrogens (tertiary/aromatic N) is 2. The molecule has 108 valence electrons. The number of benzene rings is 1. The van der Waals surface area contributed by atoms with E-state index in [0.29, 0.717) is 5.56 Å². The van der Waals surface area contributed by atoms with E-state index in [1.807, 2.05) is 0 Å². The second-order valence-electron chi connectivity index (χ2n) is 4.28. The van der Waals surface area contributed by atoms with Gasteiger partial charge in [-0.3, -0.25) is 0 Å². The van der Waals surface area contributed by atoms with Crippen molar-refractivity contribution in [3.8, 4) is 0 Å². The molecular formula is C13H13F3N2OS. The summed E-state index contributed by atoms with van der Waals surface area (Å²) in [5.41, 5.74) is -2.43. The first-order chi connectivity index (χ1) is 9.29. The smallest absolute Gasteiger partial charge is 0.360 e. The number of likely N-dealkylation sites (N-methyl/N-ethyl adjacent to an activating group) is 1. The summed E-state index contributed by atoms with van der Waals surface area (Å²) in [6.45, 7) is 0. The topological polar surface area (TPSA) is 35.8 Å². The first-order valence-corrected chi connectivity index (χ1v) is 6.96. The van der Waals surface area contributed by atoms with Crippen LogP contribution in [0.2, 0.25) is 0 Å². The normalized spacial score (nSPS) is 23.4. The minimum atomic E-state index is -4.82. The van der Waals surface area contributed by atoms with Gasteiger partial charge in [-0.05, 0) is 6.26 Å². The maximum absolute atomic E-state index is 13.2. The van der Waals surface area contributed by atoms with Gasteiger partial charge in [0.05, 0.1) is 5.70 Å². The molecule has 0 saturated heterocycles. The van der Waals surface area contributed by atoms with Crippen molar-refractivity contribution in [3.63, 3.8) is 0 Å². The number of aliphatic hydroxyl groups is 1. The van der Waals surface area contributed by atoms with Crippen LogP contribution in [-0.4, -0.2) is 40.4 Å². The Kier molecular flexibility index (Phi) is 3.84. The standard InChI is InChI=1S/C13H13F3N2OS/c1-18-11(20-2)17-10(9-6-4-3-5-7-9)8-12(18,19)13(14,15)16/h3-8,19H,1-2H3. The van der Waals surface area contributed by atoms with Crippen LogP contribution < -0.4 is 0 Å². The molecule has 1 aromatic rings. The zero-order chi connectivity index (χ0) is 15.0. The van der Waals surface area contributed by atoms with Gasteiger partial charge >= 0.3 is 6.18 Å². The molecule has 1 N–H and O–H groups in total. The second kappa shape index (κ2) is 5.14. The van der Waals surface area contributed by atoms with E-state index in [0.717, 1.165) is 22.7 Å². The first kappa shape index (κ1) is 14.9. The van der Waals surface area contributed by atoms with Gasteiger partial charge in [0.2, 0.25) is 0 Å². The Morgan fingerprint density at radius 2 is 1.85 bits per heavy atom. The summed E-state index contributed by atoms with van der Waals surface area (Å²) in [5, 5.41) is 10.1. The summed E-state index contributed by atoms with van der Waals surface area (Å²) in [6.07, 6.45) is -2.47. The quantitative estimate of drug-likeness (QED) is 0.866. The molecule has 0 bridgehead atoms. The Bertz CT molecular complexity index is 556. The predicted octanol–water partition coefficient (Wildman–Crippen LogP) is 2.94. The molecule has 3 nitrogen and oxygen atoms in total. The maximum Gasteiger partial charge on any atom is 0.440 e. The van der Waals surface area contributed by atoms with Gasteiger partial charge in [0.25, 0.3) is 5.72 Å². The molecular weight excluding hydrogens is 289 g/mol. The summed E-state index contributed by atoms with van der Waals surface area (Å²) in [4.78, 5) is 4.89. The number of hydrogen-bond acceptors (Lipinski definition) is 4. The van der Waals surface area contributed by atoms with E-state index in [1.54, 1.807) is 36.6 Å². The molecule has 7 heteroatoms. The molecule has 1 heterocycles. The number of halogens is 3. The lowest BCUT2D eigenvalue weighted by Crippen LogP contribution is -2.58. The Morgan fingerprint density at radius 1 is 1.25 bits per heavy atom. The van der Waals surface area contributed by atoms with Crippen molar-refractivity contribution in [3.05, 3.63) is 42.0 Å². The zero-order valence-corrected chi connectivity index (χ0v) is 11.7. The molecule has 20 heavy (non-hydrogen) atoms. The van der Waals surface area contributed by atoms with Crippen molar-refractivity contribution in [2.24, 2.45) is 4.99 Å². The number of hydrogen-bond donors (Lipinski definition) is 1. The predicted molar refractivity (Wildman–Crippen MR) is 74.1 cm³/mol. The van der Waals surface area contributed by atoms with Crippen LogP contribution in [0.5, 0.6) is 0 Å². The van der Waals surface area contributed by atoms with Crippen molar-refractivity contribution >= 4 is 22.6 Å². The molecule has 1 atom stereocenters. The van der Waals surface area contributed by atoms with Crippen LogP contribution in [-0.2, 0) is 0 Å². The van der Waals surface area contributed by atoms with Crippen LogP contribution in [0.15, 0.2) is 41.4 Å². The molecule has 0 saturated carbocycles. The van der Waals surface area contributed by atoms with E-state index in [1.165, 1.54) is 7.05 Å². The maximum atomic E-state index is 13.2. The van der Waals surface area contributed by atoms with Gasteiger partial charge in [0, 0.05) is 18.7 Å². The third-order valence-electron chi connectivity index (χ3n) is 3.02. The van der Waals surface area contributed by atoms with Crippen LogP contribution in [0.25, 0.3) is 5.70 Å². The van der Waals surface area contributed by atoms with E-state index in [4.69, 9.17) is 0 Å². The van der Waals surface area contributed by atoms with E-state index in [2.05, 4.69) is 4.99 Å². The van der Waals surface area contributed by atoms with Gasteiger partial charge < -0.3 is 10.0 Å². The van der Waals surface area contributed by atoms with E-state index < -0.39 is 11.9 Å². The van der Waals surface area contributed by atoms with Crippen LogP contribution in [0, 0.1) is 0 Å². The Balaban J connectivity index is 2.57. The summed E-state index contributed by atoms with van der Waals surface area (Å²) in [5.74, 6) is 0. The lowest BCUT2D eigenvalue weighted by Gasteiger charge is -2.40. The molecule has 0 aliphatic carbocycles. The van der Waals surface area contributed by atoms with Crippen LogP contribution >= 0.6 is 11.8 Å².